The maximum Gasteiger partial charge on any atom is 0.164 e. The minimum Gasteiger partial charge on any atom is -0.398 e. The van der Waals surface area contributed by atoms with Gasteiger partial charge in [-0.2, -0.15) is 0 Å². The second-order valence-corrected chi connectivity index (χ2v) is 5.14. The molecular formula is C13H15ClN4. The maximum atomic E-state index is 5.94. The maximum absolute atomic E-state index is 5.94. The van der Waals surface area contributed by atoms with Gasteiger partial charge in [-0.3, -0.25) is 0 Å². The van der Waals surface area contributed by atoms with Crippen LogP contribution in [0.2, 0.25) is 5.02 Å². The van der Waals surface area contributed by atoms with E-state index in [0.717, 1.165) is 11.4 Å². The van der Waals surface area contributed by atoms with Crippen molar-refractivity contribution in [1.82, 2.24) is 14.8 Å². The van der Waals surface area contributed by atoms with E-state index in [1.54, 1.807) is 6.07 Å². The first-order valence-corrected chi connectivity index (χ1v) is 6.58. The summed E-state index contributed by atoms with van der Waals surface area (Å²) in [7, 11) is 0. The summed E-state index contributed by atoms with van der Waals surface area (Å²) in [6.45, 7) is 0. The Morgan fingerprint density at radius 2 is 2.06 bits per heavy atom. The van der Waals surface area contributed by atoms with E-state index in [9.17, 15) is 0 Å². The van der Waals surface area contributed by atoms with Gasteiger partial charge in [0.05, 0.1) is 10.7 Å². The summed E-state index contributed by atoms with van der Waals surface area (Å²) in [4.78, 5) is 0. The first-order chi connectivity index (χ1) is 8.75. The van der Waals surface area contributed by atoms with Crippen LogP contribution in [0, 0.1) is 0 Å². The standard InChI is InChI=1S/C13H15ClN4/c14-11-6-5-9(7-12(11)15)13-17-16-8-18(13)10-3-1-2-4-10/h5-8,10H,1-4,15H2. The van der Waals surface area contributed by atoms with Crippen LogP contribution in [0.3, 0.4) is 0 Å². The average Bonchev–Trinajstić information content (AvgIpc) is 3.00. The summed E-state index contributed by atoms with van der Waals surface area (Å²) < 4.78 is 2.16. The highest BCUT2D eigenvalue weighted by molar-refractivity contribution is 6.33. The lowest BCUT2D eigenvalue weighted by atomic mass is 10.1. The molecule has 0 atom stereocenters. The van der Waals surface area contributed by atoms with Gasteiger partial charge in [0.15, 0.2) is 5.82 Å². The fourth-order valence-electron chi connectivity index (χ4n) is 2.58. The van der Waals surface area contributed by atoms with E-state index < -0.39 is 0 Å². The Kier molecular flexibility index (Phi) is 2.96. The van der Waals surface area contributed by atoms with Gasteiger partial charge in [0.25, 0.3) is 0 Å². The summed E-state index contributed by atoms with van der Waals surface area (Å²) >= 11 is 5.94. The average molecular weight is 263 g/mol. The van der Waals surface area contributed by atoms with Gasteiger partial charge < -0.3 is 10.3 Å². The highest BCUT2D eigenvalue weighted by Crippen LogP contribution is 2.33. The molecule has 0 aliphatic heterocycles. The summed E-state index contributed by atoms with van der Waals surface area (Å²) in [6, 6.07) is 6.12. The molecule has 1 aromatic carbocycles. The first-order valence-electron chi connectivity index (χ1n) is 6.20. The number of hydrogen-bond acceptors (Lipinski definition) is 3. The van der Waals surface area contributed by atoms with Crippen LogP contribution in [0.25, 0.3) is 11.4 Å². The molecule has 1 aliphatic rings. The van der Waals surface area contributed by atoms with Crippen molar-refractivity contribution in [3.05, 3.63) is 29.5 Å². The van der Waals surface area contributed by atoms with Crippen molar-refractivity contribution in [3.63, 3.8) is 0 Å². The minimum atomic E-state index is 0.520. The van der Waals surface area contributed by atoms with E-state index in [2.05, 4.69) is 14.8 Å². The van der Waals surface area contributed by atoms with Gasteiger partial charge >= 0.3 is 0 Å². The lowest BCUT2D eigenvalue weighted by Gasteiger charge is -2.13. The molecule has 0 bridgehead atoms. The minimum absolute atomic E-state index is 0.520. The van der Waals surface area contributed by atoms with Crippen molar-refractivity contribution >= 4 is 17.3 Å². The van der Waals surface area contributed by atoms with Crippen LogP contribution in [-0.4, -0.2) is 14.8 Å². The Hall–Kier alpha value is -1.55. The Balaban J connectivity index is 2.00. The molecule has 1 aliphatic carbocycles. The third-order valence-electron chi connectivity index (χ3n) is 3.55. The van der Waals surface area contributed by atoms with Crippen molar-refractivity contribution in [2.24, 2.45) is 0 Å². The fraction of sp³-hybridized carbons (Fsp3) is 0.385. The van der Waals surface area contributed by atoms with E-state index in [4.69, 9.17) is 17.3 Å². The third-order valence-corrected chi connectivity index (χ3v) is 3.89. The molecule has 0 amide bonds. The van der Waals surface area contributed by atoms with Gasteiger partial charge in [0, 0.05) is 11.6 Å². The molecule has 5 heteroatoms. The van der Waals surface area contributed by atoms with Crippen molar-refractivity contribution < 1.29 is 0 Å². The Morgan fingerprint density at radius 3 is 2.78 bits per heavy atom. The summed E-state index contributed by atoms with van der Waals surface area (Å²) in [6.07, 6.45) is 6.79. The molecule has 0 saturated heterocycles. The molecule has 94 valence electrons. The SMILES string of the molecule is Nc1cc(-c2nncn2C2CCCC2)ccc1Cl. The van der Waals surface area contributed by atoms with Crippen LogP contribution in [-0.2, 0) is 0 Å². The number of halogens is 1. The predicted molar refractivity (Wildman–Crippen MR) is 72.4 cm³/mol. The van der Waals surface area contributed by atoms with E-state index >= 15 is 0 Å². The van der Waals surface area contributed by atoms with Gasteiger partial charge in [0.1, 0.15) is 6.33 Å². The molecule has 1 fully saturated rings. The topological polar surface area (TPSA) is 56.7 Å². The van der Waals surface area contributed by atoms with Crippen LogP contribution < -0.4 is 5.73 Å². The van der Waals surface area contributed by atoms with E-state index in [1.807, 2.05) is 18.5 Å². The first kappa shape index (κ1) is 11.5. The Morgan fingerprint density at radius 1 is 1.28 bits per heavy atom. The monoisotopic (exact) mass is 262 g/mol. The molecule has 2 aromatic rings. The number of nitrogen functional groups attached to an aromatic ring is 1. The largest absolute Gasteiger partial charge is 0.398 e. The molecule has 18 heavy (non-hydrogen) atoms. The molecule has 4 nitrogen and oxygen atoms in total. The van der Waals surface area contributed by atoms with Gasteiger partial charge in [-0.25, -0.2) is 0 Å². The molecule has 1 heterocycles. The van der Waals surface area contributed by atoms with Gasteiger partial charge in [-0.15, -0.1) is 10.2 Å². The zero-order valence-corrected chi connectivity index (χ0v) is 10.8. The summed E-state index contributed by atoms with van der Waals surface area (Å²) in [5.74, 6) is 0.880. The normalized spacial score (nSPS) is 16.3. The number of nitrogens with zero attached hydrogens (tertiary/aromatic N) is 3. The molecule has 0 unspecified atom stereocenters. The smallest absolute Gasteiger partial charge is 0.164 e. The van der Waals surface area contributed by atoms with Crippen LogP contribution in [0.15, 0.2) is 24.5 Å². The van der Waals surface area contributed by atoms with Gasteiger partial charge in [0.2, 0.25) is 0 Å². The number of nitrogens with two attached hydrogens (primary N) is 1. The lowest BCUT2D eigenvalue weighted by Crippen LogP contribution is -2.05. The molecule has 2 N–H and O–H groups in total. The zero-order chi connectivity index (χ0) is 12.5. The van der Waals surface area contributed by atoms with Crippen LogP contribution in [0.5, 0.6) is 0 Å². The molecule has 0 spiro atoms. The second-order valence-electron chi connectivity index (χ2n) is 4.74. The fourth-order valence-corrected chi connectivity index (χ4v) is 2.70. The summed E-state index contributed by atoms with van der Waals surface area (Å²) in [5.41, 5.74) is 7.39. The van der Waals surface area contributed by atoms with Crippen LogP contribution in [0.1, 0.15) is 31.7 Å². The summed E-state index contributed by atoms with van der Waals surface area (Å²) in [5, 5.41) is 8.83. The van der Waals surface area contributed by atoms with Crippen molar-refractivity contribution in [2.45, 2.75) is 31.7 Å². The van der Waals surface area contributed by atoms with Crippen LogP contribution in [0.4, 0.5) is 5.69 Å². The highest BCUT2D eigenvalue weighted by atomic mass is 35.5. The number of aromatic nitrogens is 3. The quantitative estimate of drug-likeness (QED) is 0.845. The van der Waals surface area contributed by atoms with E-state index in [1.165, 1.54) is 25.7 Å². The molecule has 1 saturated carbocycles. The van der Waals surface area contributed by atoms with Crippen LogP contribution >= 0.6 is 11.6 Å². The van der Waals surface area contributed by atoms with E-state index in [-0.39, 0.29) is 0 Å². The zero-order valence-electron chi connectivity index (χ0n) is 10.0. The number of hydrogen-bond donors (Lipinski definition) is 1. The Bertz CT molecular complexity index is 558. The predicted octanol–water partition coefficient (Wildman–Crippen LogP) is 3.30. The highest BCUT2D eigenvalue weighted by Gasteiger charge is 2.20. The van der Waals surface area contributed by atoms with Crippen molar-refractivity contribution in [2.75, 3.05) is 5.73 Å². The third kappa shape index (κ3) is 1.97. The number of benzene rings is 1. The van der Waals surface area contributed by atoms with Gasteiger partial charge in [-0.05, 0) is 31.0 Å². The number of rotatable bonds is 2. The lowest BCUT2D eigenvalue weighted by molar-refractivity contribution is 0.522. The number of anilines is 1. The van der Waals surface area contributed by atoms with Crippen molar-refractivity contribution in [1.29, 1.82) is 0 Å². The van der Waals surface area contributed by atoms with E-state index in [0.29, 0.717) is 16.8 Å². The molecule has 0 radical (unpaired) electrons. The molecule has 1 aromatic heterocycles. The second kappa shape index (κ2) is 4.61. The molecular weight excluding hydrogens is 248 g/mol. The Labute approximate surface area is 111 Å². The van der Waals surface area contributed by atoms with Gasteiger partial charge in [-0.1, -0.05) is 24.4 Å². The molecule has 3 rings (SSSR count). The van der Waals surface area contributed by atoms with Crippen molar-refractivity contribution in [3.8, 4) is 11.4 Å².